The normalized spacial score (nSPS) is 21.6. The molecule has 0 aromatic heterocycles. The van der Waals surface area contributed by atoms with Gasteiger partial charge in [0.1, 0.15) is 0 Å². The molecule has 1 aliphatic carbocycles. The fourth-order valence-corrected chi connectivity index (χ4v) is 2.58. The number of rotatable bonds is 1. The minimum Gasteiger partial charge on any atom is -0.432 e. The lowest BCUT2D eigenvalue weighted by molar-refractivity contribution is -0.136. The van der Waals surface area contributed by atoms with Crippen LogP contribution in [0.5, 0.6) is 0 Å². The third-order valence-corrected chi connectivity index (χ3v) is 3.78. The van der Waals surface area contributed by atoms with E-state index in [4.69, 9.17) is 4.74 Å². The molecule has 2 fully saturated rings. The highest BCUT2D eigenvalue weighted by Crippen LogP contribution is 2.43. The van der Waals surface area contributed by atoms with Crippen molar-refractivity contribution in [3.63, 3.8) is 0 Å². The van der Waals surface area contributed by atoms with E-state index in [1.807, 2.05) is 6.07 Å². The van der Waals surface area contributed by atoms with E-state index in [1.54, 1.807) is 18.2 Å². The van der Waals surface area contributed by atoms with Crippen LogP contribution in [0.4, 0.5) is 10.5 Å². The van der Waals surface area contributed by atoms with Gasteiger partial charge in [-0.15, -0.1) is 0 Å². The van der Waals surface area contributed by atoms with Gasteiger partial charge in [-0.05, 0) is 37.5 Å². The molecule has 0 bridgehead atoms. The highest BCUT2D eigenvalue weighted by atomic mass is 79.9. The molecule has 5 heteroatoms. The van der Waals surface area contributed by atoms with E-state index >= 15 is 0 Å². The van der Waals surface area contributed by atoms with E-state index in [0.29, 0.717) is 18.5 Å². The second kappa shape index (κ2) is 3.57. The largest absolute Gasteiger partial charge is 0.432 e. The summed E-state index contributed by atoms with van der Waals surface area (Å²) < 4.78 is 6.05. The molecule has 0 radical (unpaired) electrons. The summed E-state index contributed by atoms with van der Waals surface area (Å²) in [4.78, 5) is 25.1. The first kappa shape index (κ1) is 10.8. The van der Waals surface area contributed by atoms with E-state index in [-0.39, 0.29) is 5.91 Å². The van der Waals surface area contributed by atoms with Gasteiger partial charge in [0.2, 0.25) is 0 Å². The summed E-state index contributed by atoms with van der Waals surface area (Å²) in [5, 5.41) is 0. The Kier molecular flexibility index (Phi) is 2.26. The molecule has 1 heterocycles. The number of anilines is 1. The van der Waals surface area contributed by atoms with Crippen molar-refractivity contribution in [2.75, 3.05) is 4.90 Å². The van der Waals surface area contributed by atoms with Gasteiger partial charge in [-0.1, -0.05) is 22.0 Å². The molecule has 0 N–H and O–H groups in total. The molecule has 1 saturated carbocycles. The summed E-state index contributed by atoms with van der Waals surface area (Å²) in [6, 6.07) is 7.08. The minimum absolute atomic E-state index is 0.230. The molecule has 1 aliphatic heterocycles. The van der Waals surface area contributed by atoms with Crippen molar-refractivity contribution < 1.29 is 14.3 Å². The van der Waals surface area contributed by atoms with Crippen LogP contribution in [0.15, 0.2) is 28.7 Å². The number of carbonyl (C=O) groups is 2. The summed E-state index contributed by atoms with van der Waals surface area (Å²) in [7, 11) is 0. The van der Waals surface area contributed by atoms with Gasteiger partial charge in [0.25, 0.3) is 5.91 Å². The number of halogens is 1. The van der Waals surface area contributed by atoms with Crippen LogP contribution in [0, 0.1) is 0 Å². The lowest BCUT2D eigenvalue weighted by Crippen LogP contribution is -2.46. The summed E-state index contributed by atoms with van der Waals surface area (Å²) in [6.07, 6.45) is 1.66. The number of imide groups is 1. The van der Waals surface area contributed by atoms with Gasteiger partial charge in [-0.3, -0.25) is 4.79 Å². The van der Waals surface area contributed by atoms with Crippen LogP contribution in [-0.2, 0) is 9.53 Å². The number of nitrogens with zero attached hydrogens (tertiary/aromatic N) is 1. The molecule has 17 heavy (non-hydrogen) atoms. The number of hydrogen-bond donors (Lipinski definition) is 0. The van der Waals surface area contributed by atoms with Gasteiger partial charge in [-0.25, -0.2) is 9.69 Å². The molecule has 4 nitrogen and oxygen atoms in total. The van der Waals surface area contributed by atoms with E-state index in [0.717, 1.165) is 15.8 Å². The number of benzene rings is 1. The zero-order chi connectivity index (χ0) is 12.0. The topological polar surface area (TPSA) is 46.6 Å². The zero-order valence-electron chi connectivity index (χ0n) is 8.98. The standard InChI is InChI=1S/C12H10BrNO3/c13-8-3-1-4-9(7-8)14-10(15)12(5-2-6-12)17-11(14)16/h1,3-4,7H,2,5-6H2. The second-order valence-electron chi connectivity index (χ2n) is 4.34. The Hall–Kier alpha value is -1.36. The van der Waals surface area contributed by atoms with Crippen molar-refractivity contribution >= 4 is 33.6 Å². The molecular formula is C12H10BrNO3. The number of hydrogen-bond acceptors (Lipinski definition) is 3. The number of ether oxygens (including phenoxy) is 1. The van der Waals surface area contributed by atoms with Crippen LogP contribution in [0.3, 0.4) is 0 Å². The summed E-state index contributed by atoms with van der Waals surface area (Å²) in [6.45, 7) is 0. The van der Waals surface area contributed by atoms with Crippen molar-refractivity contribution in [2.24, 2.45) is 0 Å². The Morgan fingerprint density at radius 3 is 2.59 bits per heavy atom. The van der Waals surface area contributed by atoms with Gasteiger partial charge in [0, 0.05) is 4.47 Å². The first-order chi connectivity index (χ1) is 8.12. The average molecular weight is 296 g/mol. The maximum atomic E-state index is 12.2. The van der Waals surface area contributed by atoms with Crippen LogP contribution in [0.1, 0.15) is 19.3 Å². The third-order valence-electron chi connectivity index (χ3n) is 3.29. The van der Waals surface area contributed by atoms with Gasteiger partial charge in [0.15, 0.2) is 5.60 Å². The third kappa shape index (κ3) is 1.49. The van der Waals surface area contributed by atoms with Crippen LogP contribution in [0.2, 0.25) is 0 Å². The van der Waals surface area contributed by atoms with Crippen LogP contribution in [-0.4, -0.2) is 17.6 Å². The molecule has 1 saturated heterocycles. The highest BCUT2D eigenvalue weighted by molar-refractivity contribution is 9.10. The van der Waals surface area contributed by atoms with Gasteiger partial charge >= 0.3 is 6.09 Å². The lowest BCUT2D eigenvalue weighted by Gasteiger charge is -2.32. The smallest absolute Gasteiger partial charge is 0.422 e. The van der Waals surface area contributed by atoms with Crippen molar-refractivity contribution in [3.8, 4) is 0 Å². The summed E-state index contributed by atoms with van der Waals surface area (Å²) >= 11 is 3.32. The van der Waals surface area contributed by atoms with Gasteiger partial charge in [-0.2, -0.15) is 0 Å². The van der Waals surface area contributed by atoms with Gasteiger partial charge < -0.3 is 4.74 Å². The fraction of sp³-hybridized carbons (Fsp3) is 0.333. The predicted octanol–water partition coefficient (Wildman–Crippen LogP) is 2.86. The number of carbonyl (C=O) groups excluding carboxylic acids is 2. The van der Waals surface area contributed by atoms with Crippen LogP contribution in [0.25, 0.3) is 0 Å². The van der Waals surface area contributed by atoms with E-state index < -0.39 is 11.7 Å². The Balaban J connectivity index is 1.98. The molecule has 2 aliphatic rings. The molecule has 1 spiro atoms. The van der Waals surface area contributed by atoms with Crippen LogP contribution >= 0.6 is 15.9 Å². The Labute approximate surface area is 107 Å². The zero-order valence-corrected chi connectivity index (χ0v) is 10.6. The molecule has 2 amide bonds. The Morgan fingerprint density at radius 2 is 2.06 bits per heavy atom. The minimum atomic E-state index is -0.862. The quantitative estimate of drug-likeness (QED) is 0.800. The van der Waals surface area contributed by atoms with Crippen molar-refractivity contribution in [1.29, 1.82) is 0 Å². The van der Waals surface area contributed by atoms with Crippen molar-refractivity contribution in [2.45, 2.75) is 24.9 Å². The summed E-state index contributed by atoms with van der Waals surface area (Å²) in [5.41, 5.74) is -0.308. The lowest BCUT2D eigenvalue weighted by atomic mass is 9.79. The van der Waals surface area contributed by atoms with Gasteiger partial charge in [0.05, 0.1) is 5.69 Å². The molecule has 3 rings (SSSR count). The van der Waals surface area contributed by atoms with E-state index in [2.05, 4.69) is 15.9 Å². The molecular weight excluding hydrogens is 286 g/mol. The monoisotopic (exact) mass is 295 g/mol. The number of amides is 2. The first-order valence-electron chi connectivity index (χ1n) is 5.45. The Morgan fingerprint density at radius 1 is 1.29 bits per heavy atom. The average Bonchev–Trinajstić information content (AvgIpc) is 2.50. The molecule has 0 unspecified atom stereocenters. The van der Waals surface area contributed by atoms with Crippen LogP contribution < -0.4 is 4.90 Å². The second-order valence-corrected chi connectivity index (χ2v) is 5.25. The van der Waals surface area contributed by atoms with Crippen molar-refractivity contribution in [3.05, 3.63) is 28.7 Å². The predicted molar refractivity (Wildman–Crippen MR) is 64.7 cm³/mol. The van der Waals surface area contributed by atoms with E-state index in [9.17, 15) is 9.59 Å². The van der Waals surface area contributed by atoms with Crippen molar-refractivity contribution in [1.82, 2.24) is 0 Å². The Bertz CT molecular complexity index is 510. The molecule has 1 aromatic rings. The molecule has 1 aromatic carbocycles. The van der Waals surface area contributed by atoms with E-state index in [1.165, 1.54) is 0 Å². The maximum Gasteiger partial charge on any atom is 0.422 e. The first-order valence-corrected chi connectivity index (χ1v) is 6.25. The SMILES string of the molecule is O=C1OC2(CCC2)C(=O)N1c1cccc(Br)c1. The highest BCUT2D eigenvalue weighted by Gasteiger charge is 2.57. The molecule has 0 atom stereocenters. The maximum absolute atomic E-state index is 12.2. The summed E-state index contributed by atoms with van der Waals surface area (Å²) in [5.74, 6) is -0.230. The molecule has 88 valence electrons. The fourth-order valence-electron chi connectivity index (χ4n) is 2.19.